The lowest BCUT2D eigenvalue weighted by atomic mass is 9.73. The van der Waals surface area contributed by atoms with Gasteiger partial charge in [0.1, 0.15) is 0 Å². The molecule has 4 rings (SSSR count). The molecule has 4 heteroatoms. The Kier molecular flexibility index (Phi) is 5.48. The van der Waals surface area contributed by atoms with Crippen molar-refractivity contribution < 1.29 is 9.53 Å². The molecule has 0 aromatic carbocycles. The molecule has 1 spiro atoms. The number of nitrogens with zero attached hydrogens (tertiary/aromatic N) is 1. The quantitative estimate of drug-likeness (QED) is 0.661. The van der Waals surface area contributed by atoms with Crippen molar-refractivity contribution in [2.24, 2.45) is 17.8 Å². The first-order valence-electron chi connectivity index (χ1n) is 10.9. The number of likely N-dealkylation sites (tertiary alicyclic amines) is 1. The molecule has 1 amide bonds. The van der Waals surface area contributed by atoms with Gasteiger partial charge in [-0.2, -0.15) is 0 Å². The van der Waals surface area contributed by atoms with Crippen molar-refractivity contribution in [1.29, 1.82) is 0 Å². The molecule has 2 bridgehead atoms. The summed E-state index contributed by atoms with van der Waals surface area (Å²) in [4.78, 5) is 14.6. The number of hydrogen-bond donors (Lipinski definition) is 1. The molecule has 3 heterocycles. The second-order valence-corrected chi connectivity index (χ2v) is 9.61. The molecule has 27 heavy (non-hydrogen) atoms. The van der Waals surface area contributed by atoms with E-state index in [0.29, 0.717) is 23.9 Å². The van der Waals surface area contributed by atoms with Crippen LogP contribution >= 0.6 is 0 Å². The summed E-state index contributed by atoms with van der Waals surface area (Å²) in [6.45, 7) is 10.6. The van der Waals surface area contributed by atoms with Gasteiger partial charge in [0, 0.05) is 43.9 Å². The minimum absolute atomic E-state index is 0.0729. The van der Waals surface area contributed by atoms with Gasteiger partial charge in [0.2, 0.25) is 5.91 Å². The summed E-state index contributed by atoms with van der Waals surface area (Å²) in [5.74, 6) is 1.68. The number of allylic oxidation sites excluding steroid dienone is 3. The van der Waals surface area contributed by atoms with Crippen LogP contribution in [0.1, 0.15) is 59.3 Å². The van der Waals surface area contributed by atoms with Crippen LogP contribution in [0.3, 0.4) is 0 Å². The number of ether oxygens (including phenoxy) is 1. The third kappa shape index (κ3) is 4.17. The van der Waals surface area contributed by atoms with E-state index in [1.165, 1.54) is 24.0 Å². The van der Waals surface area contributed by atoms with Gasteiger partial charge in [0.15, 0.2) is 0 Å². The molecule has 150 valence electrons. The highest BCUT2D eigenvalue weighted by molar-refractivity contribution is 5.80. The Morgan fingerprint density at radius 1 is 1.22 bits per heavy atom. The van der Waals surface area contributed by atoms with E-state index in [1.807, 2.05) is 0 Å². The highest BCUT2D eigenvalue weighted by Crippen LogP contribution is 2.54. The summed E-state index contributed by atoms with van der Waals surface area (Å²) < 4.78 is 6.51. The van der Waals surface area contributed by atoms with E-state index in [1.54, 1.807) is 0 Å². The number of rotatable bonds is 8. The Morgan fingerprint density at radius 2 is 2.04 bits per heavy atom. The molecule has 0 aromatic rings. The summed E-state index contributed by atoms with van der Waals surface area (Å²) in [6, 6.07) is 0. The van der Waals surface area contributed by atoms with E-state index in [4.69, 9.17) is 4.74 Å². The SMILES string of the molecule is CC(C)=CCC/C(C)=C/CN1C[C@@H]2[C@H](CNC(=O)C3CC3)[C@H]3CC[C@]2(C1)O3. The van der Waals surface area contributed by atoms with E-state index >= 15 is 0 Å². The first-order chi connectivity index (χ1) is 13.0. The van der Waals surface area contributed by atoms with Gasteiger partial charge in [-0.05, 0) is 59.3 Å². The summed E-state index contributed by atoms with van der Waals surface area (Å²) in [6.07, 6.45) is 11.9. The zero-order chi connectivity index (χ0) is 19.0. The van der Waals surface area contributed by atoms with Gasteiger partial charge in [-0.1, -0.05) is 23.3 Å². The van der Waals surface area contributed by atoms with E-state index in [2.05, 4.69) is 43.1 Å². The Bertz CT molecular complexity index is 632. The topological polar surface area (TPSA) is 41.6 Å². The van der Waals surface area contributed by atoms with Gasteiger partial charge in [0.05, 0.1) is 11.7 Å². The lowest BCUT2D eigenvalue weighted by Gasteiger charge is -2.29. The van der Waals surface area contributed by atoms with Gasteiger partial charge < -0.3 is 10.1 Å². The zero-order valence-electron chi connectivity index (χ0n) is 17.3. The monoisotopic (exact) mass is 372 g/mol. The molecule has 4 atom stereocenters. The zero-order valence-corrected chi connectivity index (χ0v) is 17.3. The van der Waals surface area contributed by atoms with Gasteiger partial charge in [-0.25, -0.2) is 0 Å². The largest absolute Gasteiger partial charge is 0.370 e. The molecule has 4 aliphatic rings. The third-order valence-corrected chi connectivity index (χ3v) is 7.10. The molecule has 1 saturated carbocycles. The van der Waals surface area contributed by atoms with Gasteiger partial charge in [-0.3, -0.25) is 9.69 Å². The second-order valence-electron chi connectivity index (χ2n) is 9.61. The standard InChI is InChI=1S/C23H36N2O2/c1-16(2)5-4-6-17(3)10-12-25-14-20-19(13-24-22(26)18-7-8-18)21-9-11-23(20,15-25)27-21/h5,10,18-21H,4,6-9,11-15H2,1-3H3,(H,24,26)/b17-10+/t19-,20+,21+,23+/m0/s1. The normalized spacial score (nSPS) is 35.4. The van der Waals surface area contributed by atoms with Crippen LogP contribution < -0.4 is 5.32 Å². The van der Waals surface area contributed by atoms with Crippen LogP contribution in [-0.4, -0.2) is 48.7 Å². The fraction of sp³-hybridized carbons (Fsp3) is 0.783. The number of amides is 1. The number of nitrogens with one attached hydrogen (secondary N) is 1. The summed E-state index contributed by atoms with van der Waals surface area (Å²) in [5, 5.41) is 3.22. The molecule has 3 saturated heterocycles. The Morgan fingerprint density at radius 3 is 2.78 bits per heavy atom. The molecule has 1 N–H and O–H groups in total. The fourth-order valence-corrected chi connectivity index (χ4v) is 5.38. The number of fused-ring (bicyclic) bond motifs is 1. The van der Waals surface area contributed by atoms with Crippen molar-refractivity contribution in [2.75, 3.05) is 26.2 Å². The van der Waals surface area contributed by atoms with Crippen molar-refractivity contribution in [3.8, 4) is 0 Å². The predicted molar refractivity (Wildman–Crippen MR) is 108 cm³/mol. The minimum Gasteiger partial charge on any atom is -0.370 e. The molecule has 0 unspecified atom stereocenters. The number of hydrogen-bond acceptors (Lipinski definition) is 3. The maximum absolute atomic E-state index is 12.1. The number of carbonyl (C=O) groups excluding carboxylic acids is 1. The van der Waals surface area contributed by atoms with Crippen LogP contribution in [0.15, 0.2) is 23.3 Å². The summed E-state index contributed by atoms with van der Waals surface area (Å²) >= 11 is 0. The molecule has 4 fully saturated rings. The minimum atomic E-state index is 0.0729. The molecular formula is C23H36N2O2. The van der Waals surface area contributed by atoms with Crippen LogP contribution in [0.25, 0.3) is 0 Å². The van der Waals surface area contributed by atoms with Crippen molar-refractivity contribution in [3.05, 3.63) is 23.3 Å². The van der Waals surface area contributed by atoms with E-state index in [9.17, 15) is 4.79 Å². The molecule has 1 aliphatic carbocycles. The summed E-state index contributed by atoms with van der Waals surface area (Å²) in [5.41, 5.74) is 2.96. The predicted octanol–water partition coefficient (Wildman–Crippen LogP) is 3.68. The molecular weight excluding hydrogens is 336 g/mol. The molecule has 4 nitrogen and oxygen atoms in total. The van der Waals surface area contributed by atoms with Crippen molar-refractivity contribution in [3.63, 3.8) is 0 Å². The van der Waals surface area contributed by atoms with Crippen LogP contribution in [0.4, 0.5) is 0 Å². The van der Waals surface area contributed by atoms with Crippen LogP contribution in [0, 0.1) is 17.8 Å². The van der Waals surface area contributed by atoms with Gasteiger partial charge >= 0.3 is 0 Å². The van der Waals surface area contributed by atoms with Crippen molar-refractivity contribution in [2.45, 2.75) is 71.0 Å². The highest BCUT2D eigenvalue weighted by atomic mass is 16.5. The lowest BCUT2D eigenvalue weighted by molar-refractivity contribution is -0.122. The van der Waals surface area contributed by atoms with Gasteiger partial charge in [0.25, 0.3) is 0 Å². The van der Waals surface area contributed by atoms with Crippen LogP contribution in [0.2, 0.25) is 0 Å². The fourth-order valence-electron chi connectivity index (χ4n) is 5.38. The lowest BCUT2D eigenvalue weighted by Crippen LogP contribution is -2.42. The molecule has 0 radical (unpaired) electrons. The van der Waals surface area contributed by atoms with Gasteiger partial charge in [-0.15, -0.1) is 0 Å². The molecule has 3 aliphatic heterocycles. The average molecular weight is 373 g/mol. The summed E-state index contributed by atoms with van der Waals surface area (Å²) in [7, 11) is 0. The van der Waals surface area contributed by atoms with Crippen LogP contribution in [-0.2, 0) is 9.53 Å². The maximum Gasteiger partial charge on any atom is 0.223 e. The number of carbonyl (C=O) groups is 1. The van der Waals surface area contributed by atoms with E-state index in [-0.39, 0.29) is 11.5 Å². The first kappa shape index (κ1) is 19.2. The van der Waals surface area contributed by atoms with Crippen molar-refractivity contribution >= 4 is 5.91 Å². The average Bonchev–Trinajstić information content (AvgIpc) is 3.22. The van der Waals surface area contributed by atoms with Crippen molar-refractivity contribution in [1.82, 2.24) is 10.2 Å². The third-order valence-electron chi connectivity index (χ3n) is 7.10. The Hall–Kier alpha value is -1.13. The Labute approximate surface area is 164 Å². The van der Waals surface area contributed by atoms with E-state index in [0.717, 1.165) is 51.9 Å². The first-order valence-corrected chi connectivity index (χ1v) is 10.9. The Balaban J connectivity index is 1.30. The van der Waals surface area contributed by atoms with Crippen LogP contribution in [0.5, 0.6) is 0 Å². The highest BCUT2D eigenvalue weighted by Gasteiger charge is 2.62. The maximum atomic E-state index is 12.1. The smallest absolute Gasteiger partial charge is 0.223 e. The second kappa shape index (κ2) is 7.71. The van der Waals surface area contributed by atoms with E-state index < -0.39 is 0 Å². The molecule has 0 aromatic heterocycles.